The number of H-pyrrole nitrogens is 1. The number of hydrogen-bond acceptors (Lipinski definition) is 9. The van der Waals surface area contributed by atoms with Gasteiger partial charge in [-0.05, 0) is 79.1 Å². The zero-order valence-corrected chi connectivity index (χ0v) is 32.3. The van der Waals surface area contributed by atoms with Crippen LogP contribution >= 0.6 is 0 Å². The highest BCUT2D eigenvalue weighted by Crippen LogP contribution is 2.46. The number of benzene rings is 3. The van der Waals surface area contributed by atoms with Gasteiger partial charge in [0.2, 0.25) is 11.8 Å². The lowest BCUT2D eigenvalue weighted by atomic mass is 9.70. The summed E-state index contributed by atoms with van der Waals surface area (Å²) in [6.45, 7) is 11.8. The molecule has 0 radical (unpaired) electrons. The molecule has 57 heavy (non-hydrogen) atoms. The number of anilines is 2. The van der Waals surface area contributed by atoms with E-state index in [1.54, 1.807) is 6.07 Å². The molecule has 1 aromatic heterocycles. The third-order valence-electron chi connectivity index (χ3n) is 13.0. The van der Waals surface area contributed by atoms with Crippen LogP contribution in [0, 0.1) is 23.1 Å². The number of halogens is 1. The van der Waals surface area contributed by atoms with Crippen molar-refractivity contribution < 1.29 is 28.4 Å². The SMILES string of the molecule is CCc1cc2c(cc1N1CCC(CN3CCN(c4cc5c(cc4F)C(=O)N(C4CCC(=O)NC4=O)C5=O)CC3)CC1)C(C)(C)c1[nH]c3cc(C#N)ccc3c1C2=O. The van der Waals surface area contributed by atoms with E-state index in [2.05, 4.69) is 59.1 Å². The summed E-state index contributed by atoms with van der Waals surface area (Å²) in [4.78, 5) is 75.9. The van der Waals surface area contributed by atoms with Crippen molar-refractivity contribution in [3.8, 4) is 6.07 Å². The predicted octanol–water partition coefficient (Wildman–Crippen LogP) is 5.05. The molecule has 5 aliphatic rings. The molecule has 3 aromatic carbocycles. The second-order valence-corrected chi connectivity index (χ2v) is 16.6. The Kier molecular flexibility index (Phi) is 8.80. The molecule has 5 heterocycles. The van der Waals surface area contributed by atoms with Crippen LogP contribution in [0.25, 0.3) is 10.9 Å². The van der Waals surface area contributed by atoms with Crippen LogP contribution in [-0.4, -0.2) is 96.1 Å². The summed E-state index contributed by atoms with van der Waals surface area (Å²) in [5.41, 5.74) is 6.90. The number of aromatic nitrogens is 1. The van der Waals surface area contributed by atoms with Gasteiger partial charge in [-0.15, -0.1) is 0 Å². The van der Waals surface area contributed by atoms with Crippen LogP contribution in [0.5, 0.6) is 0 Å². The van der Waals surface area contributed by atoms with Gasteiger partial charge in [0.05, 0.1) is 34.0 Å². The fourth-order valence-electron chi connectivity index (χ4n) is 9.77. The van der Waals surface area contributed by atoms with Crippen LogP contribution in [0.3, 0.4) is 0 Å². The number of fused-ring (bicyclic) bond motifs is 5. The third-order valence-corrected chi connectivity index (χ3v) is 13.0. The average Bonchev–Trinajstić information content (AvgIpc) is 3.71. The normalized spacial score (nSPS) is 21.1. The minimum absolute atomic E-state index is 0.0178. The first-order chi connectivity index (χ1) is 27.4. The Morgan fingerprint density at radius 3 is 2.23 bits per heavy atom. The van der Waals surface area contributed by atoms with Crippen molar-refractivity contribution in [1.82, 2.24) is 20.1 Å². The van der Waals surface area contributed by atoms with Crippen LogP contribution < -0.4 is 15.1 Å². The number of aryl methyl sites for hydroxylation is 1. The number of aromatic amines is 1. The summed E-state index contributed by atoms with van der Waals surface area (Å²) >= 11 is 0. The molecule has 3 saturated heterocycles. The Hall–Kier alpha value is -5.87. The van der Waals surface area contributed by atoms with Crippen molar-refractivity contribution >= 4 is 51.7 Å². The molecule has 292 valence electrons. The van der Waals surface area contributed by atoms with Gasteiger partial charge in [-0.25, -0.2) is 4.39 Å². The van der Waals surface area contributed by atoms with Gasteiger partial charge >= 0.3 is 0 Å². The van der Waals surface area contributed by atoms with E-state index in [1.165, 1.54) is 11.8 Å². The number of ketones is 1. The van der Waals surface area contributed by atoms with Gasteiger partial charge in [0, 0.05) is 85.5 Å². The predicted molar refractivity (Wildman–Crippen MR) is 211 cm³/mol. The zero-order chi connectivity index (χ0) is 39.9. The van der Waals surface area contributed by atoms with Crippen LogP contribution in [0.15, 0.2) is 42.5 Å². The van der Waals surface area contributed by atoms with E-state index < -0.39 is 40.9 Å². The summed E-state index contributed by atoms with van der Waals surface area (Å²) in [5, 5.41) is 12.5. The maximum absolute atomic E-state index is 15.5. The number of piperazine rings is 1. The molecular weight excluding hydrogens is 726 g/mol. The third kappa shape index (κ3) is 5.91. The minimum atomic E-state index is -1.10. The van der Waals surface area contributed by atoms with E-state index in [0.29, 0.717) is 30.1 Å². The lowest BCUT2D eigenvalue weighted by Crippen LogP contribution is -2.54. The van der Waals surface area contributed by atoms with Crippen molar-refractivity contribution in [1.29, 1.82) is 5.26 Å². The van der Waals surface area contributed by atoms with Crippen LogP contribution in [-0.2, 0) is 21.4 Å². The Morgan fingerprint density at radius 1 is 0.842 bits per heavy atom. The summed E-state index contributed by atoms with van der Waals surface area (Å²) in [6, 6.07) is 13.5. The summed E-state index contributed by atoms with van der Waals surface area (Å²) in [7, 11) is 0. The molecule has 0 saturated carbocycles. The highest BCUT2D eigenvalue weighted by molar-refractivity contribution is 6.24. The number of nitrogens with zero attached hydrogens (tertiary/aromatic N) is 5. The maximum atomic E-state index is 15.5. The van der Waals surface area contributed by atoms with Gasteiger partial charge in [-0.3, -0.25) is 39.1 Å². The number of carbonyl (C=O) groups is 5. The molecule has 1 unspecified atom stereocenters. The van der Waals surface area contributed by atoms with Crippen molar-refractivity contribution in [3.63, 3.8) is 0 Å². The van der Waals surface area contributed by atoms with Gasteiger partial charge in [0.1, 0.15) is 11.9 Å². The van der Waals surface area contributed by atoms with Crippen LogP contribution in [0.1, 0.15) is 105 Å². The molecule has 3 fully saturated rings. The van der Waals surface area contributed by atoms with Gasteiger partial charge in [0.15, 0.2) is 5.78 Å². The number of hydrogen-bond donors (Lipinski definition) is 2. The van der Waals surface area contributed by atoms with E-state index in [4.69, 9.17) is 0 Å². The zero-order valence-electron chi connectivity index (χ0n) is 32.3. The Balaban J connectivity index is 0.845. The Labute approximate surface area is 329 Å². The molecule has 4 aliphatic heterocycles. The molecule has 4 amide bonds. The summed E-state index contributed by atoms with van der Waals surface area (Å²) in [5.74, 6) is -2.57. The second-order valence-electron chi connectivity index (χ2n) is 16.6. The van der Waals surface area contributed by atoms with E-state index >= 15 is 4.39 Å². The molecule has 1 aliphatic carbocycles. The first-order valence-electron chi connectivity index (χ1n) is 19.9. The Morgan fingerprint density at radius 2 is 1.54 bits per heavy atom. The molecule has 9 rings (SSSR count). The number of piperidine rings is 2. The molecular formula is C44H44FN7O5. The topological polar surface area (TPSA) is 150 Å². The second kappa shape index (κ2) is 13.7. The number of nitrogens with one attached hydrogen (secondary N) is 2. The molecule has 1 atom stereocenters. The van der Waals surface area contributed by atoms with Gasteiger partial charge in [0.25, 0.3) is 11.8 Å². The molecule has 2 N–H and O–H groups in total. The van der Waals surface area contributed by atoms with E-state index in [1.807, 2.05) is 17.0 Å². The van der Waals surface area contributed by atoms with Crippen molar-refractivity contribution in [2.45, 2.75) is 64.3 Å². The standard InChI is InChI=1S/C44H44FN7O5/c1-4-26-18-30-31(44(2,3)40-38(39(30)54)27-6-5-25(22-46)17-33(27)47-40)21-35(26)50-11-9-24(10-12-50)23-49-13-15-51(16-14-49)36-20-29-28(19-32(36)45)42(56)52(43(29)57)34-7-8-37(53)48-41(34)55/h5-6,17-21,24,34,47H,4,7-16,23H2,1-3H3,(H,48,53,55). The van der Waals surface area contributed by atoms with Gasteiger partial charge < -0.3 is 14.8 Å². The monoisotopic (exact) mass is 769 g/mol. The Bertz CT molecular complexity index is 2470. The van der Waals surface area contributed by atoms with Crippen LogP contribution in [0.2, 0.25) is 0 Å². The number of rotatable bonds is 6. The first kappa shape index (κ1) is 36.7. The number of amides is 4. The van der Waals surface area contributed by atoms with Crippen molar-refractivity contribution in [2.24, 2.45) is 5.92 Å². The molecule has 12 nitrogen and oxygen atoms in total. The average molecular weight is 770 g/mol. The smallest absolute Gasteiger partial charge is 0.262 e. The summed E-state index contributed by atoms with van der Waals surface area (Å²) < 4.78 is 15.5. The van der Waals surface area contributed by atoms with Gasteiger partial charge in [-0.2, -0.15) is 5.26 Å². The lowest BCUT2D eigenvalue weighted by molar-refractivity contribution is -0.136. The number of nitriles is 1. The first-order valence-corrected chi connectivity index (χ1v) is 19.9. The highest BCUT2D eigenvalue weighted by Gasteiger charge is 2.46. The molecule has 13 heteroatoms. The molecule has 4 aromatic rings. The fourth-order valence-corrected chi connectivity index (χ4v) is 9.77. The number of carbonyl (C=O) groups excluding carboxylic acids is 5. The van der Waals surface area contributed by atoms with Crippen molar-refractivity contribution in [3.05, 3.63) is 92.9 Å². The molecule has 0 bridgehead atoms. The van der Waals surface area contributed by atoms with Crippen LogP contribution in [0.4, 0.5) is 15.8 Å². The quantitative estimate of drug-likeness (QED) is 0.257. The van der Waals surface area contributed by atoms with Crippen molar-refractivity contribution in [2.75, 3.05) is 55.6 Å². The fraction of sp³-hybridized carbons (Fsp3) is 0.409. The lowest BCUT2D eigenvalue weighted by Gasteiger charge is -2.41. The van der Waals surface area contributed by atoms with E-state index in [-0.39, 0.29) is 35.4 Å². The summed E-state index contributed by atoms with van der Waals surface area (Å²) in [6.07, 6.45) is 2.91. The van der Waals surface area contributed by atoms with E-state index in [0.717, 1.165) is 96.2 Å². The highest BCUT2D eigenvalue weighted by atomic mass is 19.1. The minimum Gasteiger partial charge on any atom is -0.371 e. The van der Waals surface area contributed by atoms with E-state index in [9.17, 15) is 29.2 Å². The largest absolute Gasteiger partial charge is 0.371 e. The maximum Gasteiger partial charge on any atom is 0.262 e. The molecule has 0 spiro atoms. The van der Waals surface area contributed by atoms with Gasteiger partial charge in [-0.1, -0.05) is 26.8 Å². The number of imide groups is 2.